The molecule has 0 saturated carbocycles. The Hall–Kier alpha value is -0.920. The first-order valence-corrected chi connectivity index (χ1v) is 11.2. The van der Waals surface area contributed by atoms with Crippen molar-refractivity contribution >= 4 is 45.0 Å². The Labute approximate surface area is 160 Å². The summed E-state index contributed by atoms with van der Waals surface area (Å²) < 4.78 is 25.7. The van der Waals surface area contributed by atoms with E-state index < -0.39 is 16.1 Å². The lowest BCUT2D eigenvalue weighted by Crippen LogP contribution is -2.48. The van der Waals surface area contributed by atoms with Gasteiger partial charge in [-0.25, -0.2) is 8.42 Å². The van der Waals surface area contributed by atoms with E-state index in [0.29, 0.717) is 17.3 Å². The fourth-order valence-corrected chi connectivity index (χ4v) is 4.36. The van der Waals surface area contributed by atoms with Gasteiger partial charge in [-0.3, -0.25) is 9.10 Å². The first kappa shape index (κ1) is 22.1. The van der Waals surface area contributed by atoms with Crippen LogP contribution < -0.4 is 9.62 Å². The van der Waals surface area contributed by atoms with Gasteiger partial charge in [0.25, 0.3) is 0 Å². The van der Waals surface area contributed by atoms with Gasteiger partial charge in [-0.2, -0.15) is 11.8 Å². The van der Waals surface area contributed by atoms with Crippen LogP contribution in [0.1, 0.15) is 33.3 Å². The van der Waals surface area contributed by atoms with E-state index in [1.807, 2.05) is 6.92 Å². The predicted molar refractivity (Wildman–Crippen MR) is 108 cm³/mol. The number of carbonyl (C=O) groups is 1. The second kappa shape index (κ2) is 8.64. The molecular formula is C17H27ClN2O3S2. The number of thioether (sulfide) groups is 1. The number of hydrogen-bond acceptors (Lipinski definition) is 4. The summed E-state index contributed by atoms with van der Waals surface area (Å²) in [4.78, 5) is 12.4. The van der Waals surface area contributed by atoms with Crippen LogP contribution in [-0.2, 0) is 14.8 Å². The van der Waals surface area contributed by atoms with Crippen LogP contribution >= 0.6 is 23.4 Å². The summed E-state index contributed by atoms with van der Waals surface area (Å²) in [5.74, 6) is 0.425. The third-order valence-electron chi connectivity index (χ3n) is 3.43. The summed E-state index contributed by atoms with van der Waals surface area (Å²) >= 11 is 7.85. The molecule has 0 fully saturated rings. The van der Waals surface area contributed by atoms with Crippen LogP contribution in [-0.4, -0.2) is 43.7 Å². The normalized spacial score (nSPS) is 13.4. The number of benzene rings is 1. The Balaban J connectivity index is 2.89. The van der Waals surface area contributed by atoms with Crippen molar-refractivity contribution in [1.82, 2.24) is 5.32 Å². The molecule has 1 amide bonds. The van der Waals surface area contributed by atoms with Gasteiger partial charge in [0.1, 0.15) is 6.04 Å². The molecule has 0 spiro atoms. The maximum atomic E-state index is 12.4. The third kappa shape index (κ3) is 7.07. The molecule has 1 rings (SSSR count). The van der Waals surface area contributed by atoms with Crippen molar-refractivity contribution in [2.24, 2.45) is 0 Å². The molecule has 0 bridgehead atoms. The number of aryl methyl sites for hydroxylation is 1. The minimum Gasteiger partial charge on any atom is -0.353 e. The van der Waals surface area contributed by atoms with Crippen molar-refractivity contribution in [1.29, 1.82) is 0 Å². The van der Waals surface area contributed by atoms with Crippen LogP contribution in [0.15, 0.2) is 18.2 Å². The molecule has 0 radical (unpaired) electrons. The van der Waals surface area contributed by atoms with Crippen molar-refractivity contribution in [3.8, 4) is 0 Å². The zero-order chi connectivity index (χ0) is 19.4. The van der Waals surface area contributed by atoms with Gasteiger partial charge in [0.2, 0.25) is 15.9 Å². The molecule has 25 heavy (non-hydrogen) atoms. The van der Waals surface area contributed by atoms with Crippen LogP contribution in [0.5, 0.6) is 0 Å². The Kier molecular flexibility index (Phi) is 7.65. The van der Waals surface area contributed by atoms with Gasteiger partial charge in [0.05, 0.1) is 11.9 Å². The summed E-state index contributed by atoms with van der Waals surface area (Å²) in [6.07, 6.45) is 1.08. The minimum absolute atomic E-state index is 0.119. The van der Waals surface area contributed by atoms with Gasteiger partial charge in [-0.15, -0.1) is 0 Å². The highest BCUT2D eigenvalue weighted by Crippen LogP contribution is 2.27. The summed E-state index contributed by atoms with van der Waals surface area (Å²) in [5, 5.41) is 3.26. The van der Waals surface area contributed by atoms with Crippen LogP contribution in [0.2, 0.25) is 5.02 Å². The van der Waals surface area contributed by atoms with Gasteiger partial charge >= 0.3 is 0 Å². The lowest BCUT2D eigenvalue weighted by molar-refractivity contribution is -0.121. The summed E-state index contributed by atoms with van der Waals surface area (Å²) in [6, 6.07) is 4.09. The molecule has 1 aromatic rings. The van der Waals surface area contributed by atoms with Crippen LogP contribution in [0.4, 0.5) is 5.69 Å². The van der Waals surface area contributed by atoms with E-state index in [9.17, 15) is 13.2 Å². The fraction of sp³-hybridized carbons (Fsp3) is 0.588. The molecule has 0 saturated heterocycles. The lowest BCUT2D eigenvalue weighted by Gasteiger charge is -2.28. The zero-order valence-corrected chi connectivity index (χ0v) is 18.0. The molecule has 0 aromatic heterocycles. The lowest BCUT2D eigenvalue weighted by atomic mass is 10.2. The Morgan fingerprint density at radius 3 is 2.44 bits per heavy atom. The molecule has 5 nitrogen and oxygen atoms in total. The molecule has 1 atom stereocenters. The number of amides is 1. The highest BCUT2D eigenvalue weighted by atomic mass is 35.5. The fourth-order valence-electron chi connectivity index (χ4n) is 2.21. The second-order valence-corrected chi connectivity index (χ2v) is 11.1. The monoisotopic (exact) mass is 406 g/mol. The van der Waals surface area contributed by atoms with Crippen molar-refractivity contribution in [2.45, 2.75) is 45.4 Å². The van der Waals surface area contributed by atoms with Gasteiger partial charge in [0, 0.05) is 22.1 Å². The van der Waals surface area contributed by atoms with Gasteiger partial charge < -0.3 is 5.32 Å². The molecule has 0 aliphatic carbocycles. The van der Waals surface area contributed by atoms with Gasteiger partial charge in [-0.05, 0) is 31.5 Å². The van der Waals surface area contributed by atoms with E-state index in [1.165, 1.54) is 0 Å². The quantitative estimate of drug-likeness (QED) is 0.704. The molecule has 8 heteroatoms. The van der Waals surface area contributed by atoms with Crippen LogP contribution in [0, 0.1) is 6.92 Å². The molecule has 0 heterocycles. The van der Waals surface area contributed by atoms with Gasteiger partial charge in [-0.1, -0.05) is 38.4 Å². The zero-order valence-electron chi connectivity index (χ0n) is 15.6. The molecule has 1 aromatic carbocycles. The van der Waals surface area contributed by atoms with Crippen molar-refractivity contribution < 1.29 is 13.2 Å². The number of carbonyl (C=O) groups excluding carboxylic acids is 1. The third-order valence-corrected chi connectivity index (χ3v) is 6.36. The first-order valence-electron chi connectivity index (χ1n) is 8.00. The number of nitrogens with zero attached hydrogens (tertiary/aromatic N) is 1. The van der Waals surface area contributed by atoms with E-state index in [4.69, 9.17) is 11.6 Å². The summed E-state index contributed by atoms with van der Waals surface area (Å²) in [7, 11) is -3.64. The Morgan fingerprint density at radius 2 is 1.96 bits per heavy atom. The smallest absolute Gasteiger partial charge is 0.243 e. The van der Waals surface area contributed by atoms with Crippen LogP contribution in [0.25, 0.3) is 0 Å². The molecule has 0 aliphatic rings. The maximum Gasteiger partial charge on any atom is 0.243 e. The van der Waals surface area contributed by atoms with E-state index in [1.54, 1.807) is 36.9 Å². The minimum atomic E-state index is -3.64. The molecule has 142 valence electrons. The van der Waals surface area contributed by atoms with Gasteiger partial charge in [0.15, 0.2) is 0 Å². The molecule has 1 unspecified atom stereocenters. The second-order valence-electron chi connectivity index (χ2n) is 6.92. The van der Waals surface area contributed by atoms with Crippen molar-refractivity contribution in [3.05, 3.63) is 28.8 Å². The maximum absolute atomic E-state index is 12.4. The average Bonchev–Trinajstić information content (AvgIpc) is 2.44. The molecule has 0 aliphatic heterocycles. The standard InChI is InChI=1S/C17H27ClN2O3S2/c1-12-7-8-14(11-15(12)18)20(25(6,22)23)13(2)16(21)19-9-10-24-17(3,4)5/h7-8,11,13H,9-10H2,1-6H3,(H,19,21). The van der Waals surface area contributed by atoms with E-state index >= 15 is 0 Å². The van der Waals surface area contributed by atoms with E-state index in [0.717, 1.165) is 21.9 Å². The number of sulfonamides is 1. The highest BCUT2D eigenvalue weighted by molar-refractivity contribution is 8.00. The number of halogens is 1. The number of nitrogens with one attached hydrogen (secondary N) is 1. The Morgan fingerprint density at radius 1 is 1.36 bits per heavy atom. The summed E-state index contributed by atoms with van der Waals surface area (Å²) in [6.45, 7) is 10.2. The predicted octanol–water partition coefficient (Wildman–Crippen LogP) is 3.45. The molecular weight excluding hydrogens is 380 g/mol. The Bertz CT molecular complexity index is 715. The number of rotatable bonds is 7. The van der Waals surface area contributed by atoms with Crippen molar-refractivity contribution in [2.75, 3.05) is 22.9 Å². The first-order chi connectivity index (χ1) is 11.3. The largest absolute Gasteiger partial charge is 0.353 e. The van der Waals surface area contributed by atoms with E-state index in [-0.39, 0.29) is 10.7 Å². The SMILES string of the molecule is Cc1ccc(N(C(C)C(=O)NCCSC(C)(C)C)S(C)(=O)=O)cc1Cl. The molecule has 1 N–H and O–H groups in total. The van der Waals surface area contributed by atoms with E-state index in [2.05, 4.69) is 26.1 Å². The summed E-state index contributed by atoms with van der Waals surface area (Å²) in [5.41, 5.74) is 1.22. The number of anilines is 1. The van der Waals surface area contributed by atoms with Crippen LogP contribution in [0.3, 0.4) is 0 Å². The highest BCUT2D eigenvalue weighted by Gasteiger charge is 2.29. The van der Waals surface area contributed by atoms with Crippen molar-refractivity contribution in [3.63, 3.8) is 0 Å². The topological polar surface area (TPSA) is 66.5 Å². The number of hydrogen-bond donors (Lipinski definition) is 1. The average molecular weight is 407 g/mol.